The number of fused-ring (bicyclic) bond motifs is 1. The zero-order valence-electron chi connectivity index (χ0n) is 11.0. The average molecular weight is 245 g/mol. The maximum absolute atomic E-state index is 6.02. The standard InChI is InChI=1S/C16H23NO/c1-2-3-4-5-6-11-18-14-8-9-15-13(12-14)7-10-16(15)17/h2,8-9,12,16H,1,3-7,10-11,17H2/t16-/m0/s1. The Morgan fingerprint density at radius 1 is 1.33 bits per heavy atom. The van der Waals surface area contributed by atoms with Gasteiger partial charge in [-0.05, 0) is 61.8 Å². The van der Waals surface area contributed by atoms with Gasteiger partial charge in [0.1, 0.15) is 5.75 Å². The van der Waals surface area contributed by atoms with E-state index in [2.05, 4.69) is 18.7 Å². The molecule has 0 radical (unpaired) electrons. The Labute approximate surface area is 110 Å². The van der Waals surface area contributed by atoms with Gasteiger partial charge < -0.3 is 10.5 Å². The third-order valence-electron chi connectivity index (χ3n) is 3.56. The summed E-state index contributed by atoms with van der Waals surface area (Å²) in [5.74, 6) is 0.992. The van der Waals surface area contributed by atoms with Crippen molar-refractivity contribution in [3.8, 4) is 5.75 Å². The number of hydrogen-bond donors (Lipinski definition) is 1. The highest BCUT2D eigenvalue weighted by Gasteiger charge is 2.18. The number of hydrogen-bond acceptors (Lipinski definition) is 2. The van der Waals surface area contributed by atoms with Crippen LogP contribution in [0.4, 0.5) is 0 Å². The maximum Gasteiger partial charge on any atom is 0.119 e. The number of rotatable bonds is 7. The number of unbranched alkanes of at least 4 members (excludes halogenated alkanes) is 3. The van der Waals surface area contributed by atoms with E-state index in [4.69, 9.17) is 10.5 Å². The van der Waals surface area contributed by atoms with E-state index in [0.29, 0.717) is 0 Å². The van der Waals surface area contributed by atoms with Crippen LogP contribution in [0, 0.1) is 0 Å². The quantitative estimate of drug-likeness (QED) is 0.586. The number of ether oxygens (including phenoxy) is 1. The van der Waals surface area contributed by atoms with Crippen LogP contribution in [-0.2, 0) is 6.42 Å². The second kappa shape index (κ2) is 6.60. The van der Waals surface area contributed by atoms with Crippen LogP contribution < -0.4 is 10.5 Å². The molecule has 0 saturated heterocycles. The zero-order valence-corrected chi connectivity index (χ0v) is 11.0. The topological polar surface area (TPSA) is 35.2 Å². The molecule has 98 valence electrons. The van der Waals surface area contributed by atoms with E-state index in [1.54, 1.807) is 0 Å². The summed E-state index contributed by atoms with van der Waals surface area (Å²) in [6.45, 7) is 4.53. The summed E-state index contributed by atoms with van der Waals surface area (Å²) in [4.78, 5) is 0. The van der Waals surface area contributed by atoms with Crippen LogP contribution in [0.1, 0.15) is 49.3 Å². The number of allylic oxidation sites excluding steroid dienone is 1. The van der Waals surface area contributed by atoms with Crippen LogP contribution in [0.25, 0.3) is 0 Å². The van der Waals surface area contributed by atoms with E-state index in [0.717, 1.165) is 38.0 Å². The summed E-state index contributed by atoms with van der Waals surface area (Å²) in [7, 11) is 0. The fourth-order valence-corrected chi connectivity index (χ4v) is 2.47. The molecule has 0 aromatic heterocycles. The van der Waals surface area contributed by atoms with Gasteiger partial charge in [-0.15, -0.1) is 6.58 Å². The smallest absolute Gasteiger partial charge is 0.119 e. The van der Waals surface area contributed by atoms with Crippen molar-refractivity contribution in [1.29, 1.82) is 0 Å². The predicted octanol–water partition coefficient (Wildman–Crippen LogP) is 3.76. The lowest BCUT2D eigenvalue weighted by Crippen LogP contribution is -2.05. The van der Waals surface area contributed by atoms with Crippen LogP contribution in [0.2, 0.25) is 0 Å². The summed E-state index contributed by atoms with van der Waals surface area (Å²) in [5.41, 5.74) is 8.68. The minimum absolute atomic E-state index is 0.230. The third kappa shape index (κ3) is 3.36. The van der Waals surface area contributed by atoms with E-state index in [1.807, 2.05) is 12.1 Å². The molecule has 0 saturated carbocycles. The van der Waals surface area contributed by atoms with Gasteiger partial charge in [-0.1, -0.05) is 12.1 Å². The van der Waals surface area contributed by atoms with Crippen LogP contribution in [0.15, 0.2) is 30.9 Å². The van der Waals surface area contributed by atoms with Gasteiger partial charge in [0.25, 0.3) is 0 Å². The minimum Gasteiger partial charge on any atom is -0.494 e. The Balaban J connectivity index is 1.75. The van der Waals surface area contributed by atoms with E-state index in [-0.39, 0.29) is 6.04 Å². The molecule has 0 bridgehead atoms. The molecule has 2 heteroatoms. The Bertz CT molecular complexity index is 400. The van der Waals surface area contributed by atoms with Crippen molar-refractivity contribution in [2.45, 2.75) is 44.6 Å². The second-order valence-corrected chi connectivity index (χ2v) is 4.99. The molecule has 1 aliphatic carbocycles. The molecule has 0 unspecified atom stereocenters. The molecule has 1 aliphatic rings. The molecule has 1 aromatic rings. The van der Waals surface area contributed by atoms with Gasteiger partial charge in [-0.2, -0.15) is 0 Å². The number of benzene rings is 1. The van der Waals surface area contributed by atoms with Crippen LogP contribution in [-0.4, -0.2) is 6.61 Å². The first-order valence-electron chi connectivity index (χ1n) is 6.93. The fraction of sp³-hybridized carbons (Fsp3) is 0.500. The lowest BCUT2D eigenvalue weighted by atomic mass is 10.1. The molecule has 2 rings (SSSR count). The predicted molar refractivity (Wildman–Crippen MR) is 75.9 cm³/mol. The van der Waals surface area contributed by atoms with Gasteiger partial charge >= 0.3 is 0 Å². The van der Waals surface area contributed by atoms with E-state index in [9.17, 15) is 0 Å². The van der Waals surface area contributed by atoms with Crippen LogP contribution >= 0.6 is 0 Å². The summed E-state index contributed by atoms with van der Waals surface area (Å²) in [6.07, 6.45) is 8.78. The highest BCUT2D eigenvalue weighted by Crippen LogP contribution is 2.31. The second-order valence-electron chi connectivity index (χ2n) is 4.99. The SMILES string of the molecule is C=CCCCCCOc1ccc2c(c1)CC[C@@H]2N. The molecule has 0 fully saturated rings. The van der Waals surface area contributed by atoms with Crippen molar-refractivity contribution < 1.29 is 4.74 Å². The maximum atomic E-state index is 6.02. The highest BCUT2D eigenvalue weighted by atomic mass is 16.5. The fourth-order valence-electron chi connectivity index (χ4n) is 2.47. The molecule has 18 heavy (non-hydrogen) atoms. The lowest BCUT2D eigenvalue weighted by molar-refractivity contribution is 0.305. The summed E-state index contributed by atoms with van der Waals surface area (Å²) in [5, 5.41) is 0. The third-order valence-corrected chi connectivity index (χ3v) is 3.56. The molecule has 0 aliphatic heterocycles. The normalized spacial score (nSPS) is 17.5. The number of aryl methyl sites for hydroxylation is 1. The Morgan fingerprint density at radius 2 is 2.22 bits per heavy atom. The molecule has 2 nitrogen and oxygen atoms in total. The van der Waals surface area contributed by atoms with Crippen molar-refractivity contribution in [3.63, 3.8) is 0 Å². The van der Waals surface area contributed by atoms with E-state index in [1.165, 1.54) is 24.0 Å². The first-order valence-corrected chi connectivity index (χ1v) is 6.93. The zero-order chi connectivity index (χ0) is 12.8. The van der Waals surface area contributed by atoms with Crippen molar-refractivity contribution in [2.75, 3.05) is 6.61 Å². The van der Waals surface area contributed by atoms with Gasteiger partial charge in [0.2, 0.25) is 0 Å². The monoisotopic (exact) mass is 245 g/mol. The van der Waals surface area contributed by atoms with Crippen molar-refractivity contribution >= 4 is 0 Å². The Morgan fingerprint density at radius 3 is 3.06 bits per heavy atom. The van der Waals surface area contributed by atoms with Gasteiger partial charge in [-0.25, -0.2) is 0 Å². The summed E-state index contributed by atoms with van der Waals surface area (Å²) in [6, 6.07) is 6.56. The van der Waals surface area contributed by atoms with Crippen molar-refractivity contribution in [2.24, 2.45) is 5.73 Å². The molecule has 1 aromatic carbocycles. The highest BCUT2D eigenvalue weighted by molar-refractivity contribution is 5.40. The van der Waals surface area contributed by atoms with Crippen molar-refractivity contribution in [1.82, 2.24) is 0 Å². The summed E-state index contributed by atoms with van der Waals surface area (Å²) < 4.78 is 5.78. The first-order chi connectivity index (χ1) is 8.81. The molecule has 2 N–H and O–H groups in total. The molecule has 1 atom stereocenters. The molecular formula is C16H23NO. The van der Waals surface area contributed by atoms with Crippen LogP contribution in [0.5, 0.6) is 5.75 Å². The van der Waals surface area contributed by atoms with E-state index >= 15 is 0 Å². The molecule has 0 heterocycles. The van der Waals surface area contributed by atoms with Gasteiger partial charge in [0, 0.05) is 6.04 Å². The lowest BCUT2D eigenvalue weighted by Gasteiger charge is -2.09. The molecular weight excluding hydrogens is 222 g/mol. The summed E-state index contributed by atoms with van der Waals surface area (Å²) >= 11 is 0. The largest absolute Gasteiger partial charge is 0.494 e. The van der Waals surface area contributed by atoms with Gasteiger partial charge in [0.05, 0.1) is 6.61 Å². The van der Waals surface area contributed by atoms with Crippen LogP contribution in [0.3, 0.4) is 0 Å². The Kier molecular flexibility index (Phi) is 4.82. The average Bonchev–Trinajstić information content (AvgIpc) is 2.75. The number of nitrogens with two attached hydrogens (primary N) is 1. The first kappa shape index (κ1) is 13.2. The van der Waals surface area contributed by atoms with Gasteiger partial charge in [0.15, 0.2) is 0 Å². The van der Waals surface area contributed by atoms with Crippen molar-refractivity contribution in [3.05, 3.63) is 42.0 Å². The Hall–Kier alpha value is -1.28. The van der Waals surface area contributed by atoms with Gasteiger partial charge in [-0.3, -0.25) is 0 Å². The molecule has 0 spiro atoms. The minimum atomic E-state index is 0.230. The van der Waals surface area contributed by atoms with E-state index < -0.39 is 0 Å². The molecule has 0 amide bonds.